The number of amidine groups is 1. The van der Waals surface area contributed by atoms with Crippen molar-refractivity contribution in [3.05, 3.63) is 0 Å². The van der Waals surface area contributed by atoms with Gasteiger partial charge in [0.15, 0.2) is 0 Å². The summed E-state index contributed by atoms with van der Waals surface area (Å²) in [4.78, 5) is 1.83. The van der Waals surface area contributed by atoms with E-state index in [1.54, 1.807) is 13.8 Å². The van der Waals surface area contributed by atoms with Crippen molar-refractivity contribution in [1.29, 1.82) is 0 Å². The number of rotatable bonds is 6. The second-order valence-electron chi connectivity index (χ2n) is 3.81. The Balaban J connectivity index is 5.06. The standard InChI is InChI=1S/C10H23N2O3P/c1-7-14-16(13,15-8-2)11-10(9(3)4)12(5)6/h9H,7-8H2,1-6H3/b11-10+. The van der Waals surface area contributed by atoms with Crippen LogP contribution in [-0.4, -0.2) is 38.0 Å². The highest BCUT2D eigenvalue weighted by Gasteiger charge is 2.25. The smallest absolute Gasteiger partial charge is 0.366 e. The lowest BCUT2D eigenvalue weighted by Crippen LogP contribution is -2.27. The quantitative estimate of drug-likeness (QED) is 0.413. The minimum Gasteiger partial charge on any atom is -0.366 e. The Morgan fingerprint density at radius 2 is 1.69 bits per heavy atom. The molecular weight excluding hydrogens is 227 g/mol. The van der Waals surface area contributed by atoms with Crippen LogP contribution in [0.2, 0.25) is 0 Å². The molecule has 0 radical (unpaired) electrons. The molecule has 0 aliphatic rings. The predicted molar refractivity (Wildman–Crippen MR) is 66.8 cm³/mol. The third kappa shape index (κ3) is 5.10. The summed E-state index contributed by atoms with van der Waals surface area (Å²) in [6.45, 7) is 8.15. The molecule has 0 aromatic carbocycles. The Hall–Kier alpha value is -0.380. The van der Waals surface area contributed by atoms with E-state index in [0.717, 1.165) is 0 Å². The molecule has 0 atom stereocenters. The Morgan fingerprint density at radius 1 is 1.25 bits per heavy atom. The first-order valence-electron chi connectivity index (χ1n) is 5.52. The Bertz CT molecular complexity index is 257. The highest BCUT2D eigenvalue weighted by Crippen LogP contribution is 2.50. The predicted octanol–water partition coefficient (Wildman–Crippen LogP) is 2.78. The van der Waals surface area contributed by atoms with E-state index in [9.17, 15) is 4.57 Å². The zero-order chi connectivity index (χ0) is 12.8. The van der Waals surface area contributed by atoms with Gasteiger partial charge in [-0.2, -0.15) is 4.76 Å². The molecule has 0 aromatic rings. The van der Waals surface area contributed by atoms with Crippen LogP contribution in [0.3, 0.4) is 0 Å². The van der Waals surface area contributed by atoms with E-state index in [4.69, 9.17) is 9.05 Å². The van der Waals surface area contributed by atoms with Gasteiger partial charge in [0.25, 0.3) is 0 Å². The highest BCUT2D eigenvalue weighted by molar-refractivity contribution is 7.52. The van der Waals surface area contributed by atoms with Gasteiger partial charge in [-0.3, -0.25) is 9.05 Å². The fourth-order valence-corrected chi connectivity index (χ4v) is 2.77. The molecule has 16 heavy (non-hydrogen) atoms. The van der Waals surface area contributed by atoms with Crippen LogP contribution in [0.4, 0.5) is 0 Å². The molecule has 0 aliphatic heterocycles. The average molecular weight is 250 g/mol. The van der Waals surface area contributed by atoms with E-state index in [2.05, 4.69) is 4.76 Å². The molecule has 0 rings (SSSR count). The molecule has 0 unspecified atom stereocenters. The molecule has 96 valence electrons. The van der Waals surface area contributed by atoms with E-state index < -0.39 is 7.75 Å². The van der Waals surface area contributed by atoms with Crippen LogP contribution >= 0.6 is 7.75 Å². The number of nitrogens with zero attached hydrogens (tertiary/aromatic N) is 2. The normalized spacial score (nSPS) is 13.3. The second-order valence-corrected chi connectivity index (χ2v) is 5.46. The molecule has 0 saturated carbocycles. The molecule has 0 aliphatic carbocycles. The maximum atomic E-state index is 12.2. The highest BCUT2D eigenvalue weighted by atomic mass is 31.2. The lowest BCUT2D eigenvalue weighted by molar-refractivity contribution is 0.220. The summed E-state index contributed by atoms with van der Waals surface area (Å²) in [5.74, 6) is 0.884. The van der Waals surface area contributed by atoms with Gasteiger partial charge in [-0.25, -0.2) is 4.57 Å². The van der Waals surface area contributed by atoms with Crippen molar-refractivity contribution in [3.63, 3.8) is 0 Å². The Kier molecular flexibility index (Phi) is 6.88. The fraction of sp³-hybridized carbons (Fsp3) is 0.900. The molecule has 0 fully saturated rings. The van der Waals surface area contributed by atoms with Gasteiger partial charge in [0, 0.05) is 20.0 Å². The summed E-state index contributed by atoms with van der Waals surface area (Å²) in [6, 6.07) is 0. The van der Waals surface area contributed by atoms with E-state index >= 15 is 0 Å². The first-order valence-corrected chi connectivity index (χ1v) is 7.02. The second kappa shape index (κ2) is 7.05. The average Bonchev–Trinajstić information content (AvgIpc) is 2.14. The molecule has 0 N–H and O–H groups in total. The van der Waals surface area contributed by atoms with E-state index in [-0.39, 0.29) is 5.92 Å². The topological polar surface area (TPSA) is 51.1 Å². The maximum Gasteiger partial charge on any atom is 0.455 e. The molecule has 0 bridgehead atoms. The largest absolute Gasteiger partial charge is 0.455 e. The Labute approximate surface area is 98.4 Å². The van der Waals surface area contributed by atoms with E-state index in [0.29, 0.717) is 19.0 Å². The Morgan fingerprint density at radius 3 is 1.94 bits per heavy atom. The van der Waals surface area contributed by atoms with E-state index in [1.165, 1.54) is 0 Å². The van der Waals surface area contributed by atoms with Gasteiger partial charge in [0.2, 0.25) is 0 Å². The minimum absolute atomic E-state index is 0.171. The van der Waals surface area contributed by atoms with Gasteiger partial charge in [0.05, 0.1) is 13.2 Å². The summed E-state index contributed by atoms with van der Waals surface area (Å²) in [6.07, 6.45) is 0. The van der Waals surface area contributed by atoms with Gasteiger partial charge < -0.3 is 4.90 Å². The molecule has 0 heterocycles. The lowest BCUT2D eigenvalue weighted by atomic mass is 10.2. The van der Waals surface area contributed by atoms with Gasteiger partial charge >= 0.3 is 7.75 Å². The first-order chi connectivity index (χ1) is 7.36. The molecule has 0 amide bonds. The van der Waals surface area contributed by atoms with Crippen LogP contribution in [0.15, 0.2) is 4.76 Å². The summed E-state index contributed by atoms with van der Waals surface area (Å²) in [5, 5.41) is 0. The monoisotopic (exact) mass is 250 g/mol. The van der Waals surface area contributed by atoms with Crippen molar-refractivity contribution in [2.45, 2.75) is 27.7 Å². The zero-order valence-electron chi connectivity index (χ0n) is 11.1. The van der Waals surface area contributed by atoms with Crippen LogP contribution in [0, 0.1) is 5.92 Å². The lowest BCUT2D eigenvalue weighted by Gasteiger charge is -2.21. The fourth-order valence-electron chi connectivity index (χ4n) is 1.27. The molecule has 0 spiro atoms. The van der Waals surface area contributed by atoms with Gasteiger partial charge in [-0.05, 0) is 13.8 Å². The van der Waals surface area contributed by atoms with Crippen molar-refractivity contribution in [2.75, 3.05) is 27.3 Å². The van der Waals surface area contributed by atoms with Crippen LogP contribution < -0.4 is 0 Å². The summed E-state index contributed by atoms with van der Waals surface area (Å²) < 4.78 is 26.6. The molecular formula is C10H23N2O3P. The SMILES string of the molecule is CCOP(=O)(/N=C(\C(C)C)N(C)C)OCC. The number of hydrogen-bond acceptors (Lipinski definition) is 3. The summed E-state index contributed by atoms with van der Waals surface area (Å²) in [5.41, 5.74) is 0. The van der Waals surface area contributed by atoms with Crippen LogP contribution in [0.1, 0.15) is 27.7 Å². The molecule has 0 saturated heterocycles. The third-order valence-electron chi connectivity index (χ3n) is 1.78. The van der Waals surface area contributed by atoms with Crippen molar-refractivity contribution >= 4 is 13.6 Å². The van der Waals surface area contributed by atoms with Gasteiger partial charge in [-0.15, -0.1) is 0 Å². The van der Waals surface area contributed by atoms with Gasteiger partial charge in [0.1, 0.15) is 5.84 Å². The van der Waals surface area contributed by atoms with Crippen molar-refractivity contribution in [1.82, 2.24) is 4.90 Å². The van der Waals surface area contributed by atoms with Crippen LogP contribution in [0.5, 0.6) is 0 Å². The summed E-state index contributed by atoms with van der Waals surface area (Å²) >= 11 is 0. The molecule has 5 nitrogen and oxygen atoms in total. The summed E-state index contributed by atoms with van der Waals surface area (Å²) in [7, 11) is 0.387. The number of hydrogen-bond donors (Lipinski definition) is 0. The van der Waals surface area contributed by atoms with Crippen molar-refractivity contribution < 1.29 is 13.6 Å². The third-order valence-corrected chi connectivity index (χ3v) is 3.40. The molecule has 0 aromatic heterocycles. The van der Waals surface area contributed by atoms with Gasteiger partial charge in [-0.1, -0.05) is 13.8 Å². The first kappa shape index (κ1) is 15.6. The maximum absolute atomic E-state index is 12.2. The van der Waals surface area contributed by atoms with Crippen molar-refractivity contribution in [2.24, 2.45) is 10.7 Å². The van der Waals surface area contributed by atoms with Crippen LogP contribution in [0.25, 0.3) is 0 Å². The van der Waals surface area contributed by atoms with E-state index in [1.807, 2.05) is 32.8 Å². The molecule has 6 heteroatoms. The van der Waals surface area contributed by atoms with Crippen molar-refractivity contribution in [3.8, 4) is 0 Å². The van der Waals surface area contributed by atoms with Crippen LogP contribution in [-0.2, 0) is 13.6 Å². The zero-order valence-corrected chi connectivity index (χ0v) is 12.0. The minimum atomic E-state index is -3.34.